The first-order valence-electron chi connectivity index (χ1n) is 7.60. The highest BCUT2D eigenvalue weighted by atomic mass is 79.9. The van der Waals surface area contributed by atoms with Crippen LogP contribution in [0.25, 0.3) is 6.08 Å². The standard InChI is InChI=1S/C18H13BrClNO4S/c1-2-25-14-8-10(7-11(19)16(14)22)9-15-17(23)21(18(24)26-15)13-6-4-3-5-12(13)20/h3-9,22H,2H2,1H3. The van der Waals surface area contributed by atoms with Gasteiger partial charge in [0.15, 0.2) is 11.5 Å². The number of para-hydroxylation sites is 1. The summed E-state index contributed by atoms with van der Waals surface area (Å²) in [5, 5.41) is 9.89. The van der Waals surface area contributed by atoms with Crippen molar-refractivity contribution < 1.29 is 19.4 Å². The Morgan fingerprint density at radius 1 is 1.31 bits per heavy atom. The Hall–Kier alpha value is -1.96. The molecule has 2 aromatic carbocycles. The van der Waals surface area contributed by atoms with Crippen molar-refractivity contribution in [1.82, 2.24) is 0 Å². The van der Waals surface area contributed by atoms with Crippen LogP contribution in [0, 0.1) is 0 Å². The average Bonchev–Trinajstić information content (AvgIpc) is 2.87. The van der Waals surface area contributed by atoms with E-state index >= 15 is 0 Å². The lowest BCUT2D eigenvalue weighted by Crippen LogP contribution is -2.27. The number of imide groups is 1. The molecule has 1 N–H and O–H groups in total. The number of phenolic OH excluding ortho intramolecular Hbond substituents is 1. The molecule has 2 aromatic rings. The van der Waals surface area contributed by atoms with Crippen LogP contribution in [0.15, 0.2) is 45.8 Å². The van der Waals surface area contributed by atoms with E-state index in [0.29, 0.717) is 33.1 Å². The van der Waals surface area contributed by atoms with Gasteiger partial charge in [0.1, 0.15) is 0 Å². The van der Waals surface area contributed by atoms with Gasteiger partial charge in [-0.1, -0.05) is 23.7 Å². The molecule has 8 heteroatoms. The summed E-state index contributed by atoms with van der Waals surface area (Å²) in [5.74, 6) is -0.179. The number of nitrogens with zero attached hydrogens (tertiary/aromatic N) is 1. The van der Waals surface area contributed by atoms with Gasteiger partial charge in [0.25, 0.3) is 11.1 Å². The molecule has 1 heterocycles. The maximum atomic E-state index is 12.7. The van der Waals surface area contributed by atoms with E-state index < -0.39 is 11.1 Å². The monoisotopic (exact) mass is 453 g/mol. The van der Waals surface area contributed by atoms with Crippen LogP contribution in [0.3, 0.4) is 0 Å². The molecule has 0 aliphatic carbocycles. The molecule has 134 valence electrons. The first-order chi connectivity index (χ1) is 12.4. The summed E-state index contributed by atoms with van der Waals surface area (Å²) < 4.78 is 5.81. The molecule has 0 radical (unpaired) electrons. The smallest absolute Gasteiger partial charge is 0.298 e. The van der Waals surface area contributed by atoms with Gasteiger partial charge >= 0.3 is 0 Å². The fourth-order valence-corrected chi connectivity index (χ4v) is 3.92. The maximum Gasteiger partial charge on any atom is 0.298 e. The van der Waals surface area contributed by atoms with Gasteiger partial charge in [0.05, 0.1) is 26.7 Å². The van der Waals surface area contributed by atoms with Gasteiger partial charge < -0.3 is 9.84 Å². The zero-order valence-corrected chi connectivity index (χ0v) is 16.7. The van der Waals surface area contributed by atoms with Crippen molar-refractivity contribution in [3.05, 3.63) is 56.4 Å². The number of halogens is 2. The molecule has 1 aliphatic rings. The van der Waals surface area contributed by atoms with Crippen LogP contribution in [0.4, 0.5) is 10.5 Å². The zero-order chi connectivity index (χ0) is 18.8. The highest BCUT2D eigenvalue weighted by Crippen LogP contribution is 2.40. The lowest BCUT2D eigenvalue weighted by molar-refractivity contribution is -0.113. The molecular formula is C18H13BrClNO4S. The van der Waals surface area contributed by atoms with E-state index in [9.17, 15) is 14.7 Å². The summed E-state index contributed by atoms with van der Waals surface area (Å²) in [5.41, 5.74) is 0.963. The molecule has 3 rings (SSSR count). The topological polar surface area (TPSA) is 66.8 Å². The summed E-state index contributed by atoms with van der Waals surface area (Å²) in [4.78, 5) is 26.3. The minimum atomic E-state index is -0.449. The number of carbonyl (C=O) groups is 2. The molecule has 0 saturated carbocycles. The third-order valence-electron chi connectivity index (χ3n) is 3.54. The summed E-state index contributed by atoms with van der Waals surface area (Å²) in [6.45, 7) is 2.18. The van der Waals surface area contributed by atoms with Gasteiger partial charge in [0.2, 0.25) is 0 Å². The highest BCUT2D eigenvalue weighted by Gasteiger charge is 2.37. The normalized spacial score (nSPS) is 15.8. The number of anilines is 1. The zero-order valence-electron chi connectivity index (χ0n) is 13.5. The Bertz CT molecular complexity index is 931. The van der Waals surface area contributed by atoms with E-state index in [1.54, 1.807) is 49.4 Å². The first-order valence-corrected chi connectivity index (χ1v) is 9.59. The lowest BCUT2D eigenvalue weighted by atomic mass is 10.2. The number of phenols is 1. The second-order valence-corrected chi connectivity index (χ2v) is 7.51. The van der Waals surface area contributed by atoms with Crippen LogP contribution in [-0.2, 0) is 4.79 Å². The Morgan fingerprint density at radius 2 is 2.04 bits per heavy atom. The minimum absolute atomic E-state index is 0.0202. The number of thioether (sulfide) groups is 1. The average molecular weight is 455 g/mol. The third-order valence-corrected chi connectivity index (χ3v) is 5.33. The Balaban J connectivity index is 1.97. The number of benzene rings is 2. The molecule has 2 amide bonds. The molecule has 0 unspecified atom stereocenters. The van der Waals surface area contributed by atoms with E-state index in [1.807, 2.05) is 0 Å². The van der Waals surface area contributed by atoms with Crippen molar-refractivity contribution in [3.8, 4) is 11.5 Å². The van der Waals surface area contributed by atoms with Gasteiger partial charge in [-0.25, -0.2) is 4.90 Å². The molecule has 0 aromatic heterocycles. The van der Waals surface area contributed by atoms with Crippen LogP contribution >= 0.6 is 39.3 Å². The molecule has 1 saturated heterocycles. The van der Waals surface area contributed by atoms with E-state index in [-0.39, 0.29) is 10.7 Å². The van der Waals surface area contributed by atoms with Gasteiger partial charge in [-0.3, -0.25) is 9.59 Å². The number of ether oxygens (including phenoxy) is 1. The lowest BCUT2D eigenvalue weighted by Gasteiger charge is -2.13. The van der Waals surface area contributed by atoms with Crippen LogP contribution in [0.2, 0.25) is 5.02 Å². The van der Waals surface area contributed by atoms with Crippen molar-refractivity contribution in [2.45, 2.75) is 6.92 Å². The summed E-state index contributed by atoms with van der Waals surface area (Å²) in [6, 6.07) is 9.92. The number of amides is 2. The van der Waals surface area contributed by atoms with Crippen molar-refractivity contribution in [2.24, 2.45) is 0 Å². The quantitative estimate of drug-likeness (QED) is 0.622. The summed E-state index contributed by atoms with van der Waals surface area (Å²) in [7, 11) is 0. The van der Waals surface area contributed by atoms with E-state index in [1.165, 1.54) is 0 Å². The molecular weight excluding hydrogens is 442 g/mol. The number of rotatable bonds is 4. The Labute approximate surface area is 167 Å². The fraction of sp³-hybridized carbons (Fsp3) is 0.111. The second-order valence-electron chi connectivity index (χ2n) is 5.25. The summed E-state index contributed by atoms with van der Waals surface area (Å²) >= 11 is 10.2. The fourth-order valence-electron chi connectivity index (χ4n) is 2.40. The number of hydrogen-bond acceptors (Lipinski definition) is 5. The minimum Gasteiger partial charge on any atom is -0.503 e. The van der Waals surface area contributed by atoms with Gasteiger partial charge in [-0.05, 0) is 70.5 Å². The van der Waals surface area contributed by atoms with Gasteiger partial charge in [-0.2, -0.15) is 0 Å². The molecule has 1 aliphatic heterocycles. The van der Waals surface area contributed by atoms with E-state index in [4.69, 9.17) is 16.3 Å². The predicted octanol–water partition coefficient (Wildman–Crippen LogP) is 5.45. The molecule has 0 bridgehead atoms. The predicted molar refractivity (Wildman–Crippen MR) is 107 cm³/mol. The second kappa shape index (κ2) is 7.73. The molecule has 0 atom stereocenters. The van der Waals surface area contributed by atoms with Crippen LogP contribution < -0.4 is 9.64 Å². The highest BCUT2D eigenvalue weighted by molar-refractivity contribution is 9.10. The van der Waals surface area contributed by atoms with Gasteiger partial charge in [-0.15, -0.1) is 0 Å². The van der Waals surface area contributed by atoms with Crippen LogP contribution in [-0.4, -0.2) is 22.9 Å². The SMILES string of the molecule is CCOc1cc(C=C2SC(=O)N(c3ccccc3Cl)C2=O)cc(Br)c1O. The largest absolute Gasteiger partial charge is 0.503 e. The van der Waals surface area contributed by atoms with Gasteiger partial charge in [0, 0.05) is 0 Å². The van der Waals surface area contributed by atoms with Crippen molar-refractivity contribution in [1.29, 1.82) is 0 Å². The number of hydrogen-bond donors (Lipinski definition) is 1. The molecule has 1 fully saturated rings. The van der Waals surface area contributed by atoms with Crippen LogP contribution in [0.1, 0.15) is 12.5 Å². The number of aromatic hydroxyl groups is 1. The van der Waals surface area contributed by atoms with Crippen LogP contribution in [0.5, 0.6) is 11.5 Å². The van der Waals surface area contributed by atoms with Crippen molar-refractivity contribution in [3.63, 3.8) is 0 Å². The first kappa shape index (κ1) is 18.8. The molecule has 5 nitrogen and oxygen atoms in total. The van der Waals surface area contributed by atoms with E-state index in [2.05, 4.69) is 15.9 Å². The molecule has 0 spiro atoms. The number of carbonyl (C=O) groups excluding carboxylic acids is 2. The summed E-state index contributed by atoms with van der Waals surface area (Å²) in [6.07, 6.45) is 1.58. The Morgan fingerprint density at radius 3 is 2.73 bits per heavy atom. The third kappa shape index (κ3) is 3.60. The Kier molecular flexibility index (Phi) is 5.60. The van der Waals surface area contributed by atoms with Crippen molar-refractivity contribution >= 4 is 62.2 Å². The molecule has 26 heavy (non-hydrogen) atoms. The van der Waals surface area contributed by atoms with E-state index in [0.717, 1.165) is 16.7 Å². The van der Waals surface area contributed by atoms with Crippen molar-refractivity contribution in [2.75, 3.05) is 11.5 Å². The maximum absolute atomic E-state index is 12.7.